The van der Waals surface area contributed by atoms with Gasteiger partial charge in [-0.1, -0.05) is 6.07 Å². The van der Waals surface area contributed by atoms with E-state index in [1.165, 1.54) is 0 Å². The third kappa shape index (κ3) is 6.29. The lowest BCUT2D eigenvalue weighted by Crippen LogP contribution is -2.43. The van der Waals surface area contributed by atoms with Crippen molar-refractivity contribution in [2.24, 2.45) is 11.8 Å². The van der Waals surface area contributed by atoms with Gasteiger partial charge in [0, 0.05) is 57.0 Å². The van der Waals surface area contributed by atoms with E-state index in [9.17, 15) is 9.59 Å². The molecule has 2 fully saturated rings. The van der Waals surface area contributed by atoms with Gasteiger partial charge in [0.15, 0.2) is 0 Å². The number of carbonyl (C=O) groups excluding carboxylic acids is 2. The van der Waals surface area contributed by atoms with E-state index in [0.29, 0.717) is 13.1 Å². The zero-order valence-corrected chi connectivity index (χ0v) is 15.9. The van der Waals surface area contributed by atoms with Crippen LogP contribution in [0.2, 0.25) is 0 Å². The van der Waals surface area contributed by atoms with Gasteiger partial charge in [-0.15, -0.1) is 0 Å². The number of hydrogen-bond donors (Lipinski definition) is 2. The molecule has 1 aromatic rings. The predicted octanol–water partition coefficient (Wildman–Crippen LogP) is 0.953. The first kappa shape index (κ1) is 19.8. The number of nitrogens with one attached hydrogen (secondary N) is 2. The van der Waals surface area contributed by atoms with Crippen LogP contribution in [-0.4, -0.2) is 61.1 Å². The van der Waals surface area contributed by atoms with Crippen molar-refractivity contribution in [3.8, 4) is 0 Å². The molecule has 1 aliphatic heterocycles. The lowest BCUT2D eigenvalue weighted by Gasteiger charge is -2.28. The number of hydrogen-bond acceptors (Lipinski definition) is 5. The molecule has 2 aliphatic rings. The largest absolute Gasteiger partial charge is 0.379 e. The van der Waals surface area contributed by atoms with Gasteiger partial charge in [-0.3, -0.25) is 19.5 Å². The van der Waals surface area contributed by atoms with Gasteiger partial charge in [0.05, 0.1) is 13.2 Å². The number of pyridine rings is 1. The molecular formula is C20H30N4O3. The Bertz CT molecular complexity index is 597. The highest BCUT2D eigenvalue weighted by atomic mass is 16.5. The van der Waals surface area contributed by atoms with Crippen molar-refractivity contribution in [3.05, 3.63) is 30.1 Å². The summed E-state index contributed by atoms with van der Waals surface area (Å²) >= 11 is 0. The first-order valence-electron chi connectivity index (χ1n) is 9.97. The van der Waals surface area contributed by atoms with Crippen LogP contribution in [-0.2, 0) is 20.9 Å². The molecule has 7 heteroatoms. The normalized spacial score (nSPS) is 23.6. The molecule has 2 N–H and O–H groups in total. The highest BCUT2D eigenvalue weighted by Crippen LogP contribution is 2.29. The molecule has 1 saturated carbocycles. The Balaban J connectivity index is 1.31. The molecule has 0 bridgehead atoms. The SMILES string of the molecule is O=C(NCCN1CCOCC1)C1CCC(C(=O)NCc2cccnc2)CC1. The summed E-state index contributed by atoms with van der Waals surface area (Å²) in [5.41, 5.74) is 0.999. The van der Waals surface area contributed by atoms with Crippen LogP contribution in [0.25, 0.3) is 0 Å². The third-order valence-electron chi connectivity index (χ3n) is 5.49. The van der Waals surface area contributed by atoms with Gasteiger partial charge in [0.1, 0.15) is 0 Å². The number of rotatable bonds is 7. The second-order valence-corrected chi connectivity index (χ2v) is 7.37. The lowest BCUT2D eigenvalue weighted by atomic mass is 9.81. The summed E-state index contributed by atoms with van der Waals surface area (Å²) < 4.78 is 5.33. The molecule has 2 heterocycles. The maximum Gasteiger partial charge on any atom is 0.223 e. The summed E-state index contributed by atoms with van der Waals surface area (Å²) in [7, 11) is 0. The van der Waals surface area contributed by atoms with Crippen molar-refractivity contribution >= 4 is 11.8 Å². The Kier molecular flexibility index (Phi) is 7.59. The Morgan fingerprint density at radius 1 is 1.07 bits per heavy atom. The minimum absolute atomic E-state index is 0.0130. The Labute approximate surface area is 160 Å². The van der Waals surface area contributed by atoms with Gasteiger partial charge >= 0.3 is 0 Å². The zero-order chi connectivity index (χ0) is 18.9. The van der Waals surface area contributed by atoms with Gasteiger partial charge in [0.25, 0.3) is 0 Å². The number of ether oxygens (including phenoxy) is 1. The molecule has 148 valence electrons. The quantitative estimate of drug-likeness (QED) is 0.743. The first-order chi connectivity index (χ1) is 13.2. The fourth-order valence-corrected chi connectivity index (χ4v) is 3.76. The highest BCUT2D eigenvalue weighted by molar-refractivity contribution is 5.81. The van der Waals surface area contributed by atoms with Crippen molar-refractivity contribution < 1.29 is 14.3 Å². The van der Waals surface area contributed by atoms with Crippen molar-refractivity contribution in [3.63, 3.8) is 0 Å². The minimum atomic E-state index is 0.0130. The number of nitrogens with zero attached hydrogens (tertiary/aromatic N) is 2. The van der Waals surface area contributed by atoms with E-state index < -0.39 is 0 Å². The van der Waals surface area contributed by atoms with E-state index in [0.717, 1.165) is 64.1 Å². The number of amides is 2. The topological polar surface area (TPSA) is 83.6 Å². The fourth-order valence-electron chi connectivity index (χ4n) is 3.76. The summed E-state index contributed by atoms with van der Waals surface area (Å²) in [6.45, 7) is 5.51. The Morgan fingerprint density at radius 2 is 1.74 bits per heavy atom. The van der Waals surface area contributed by atoms with E-state index in [1.54, 1.807) is 12.4 Å². The summed E-state index contributed by atoms with van der Waals surface area (Å²) in [6, 6.07) is 3.82. The van der Waals surface area contributed by atoms with Gasteiger partial charge in [-0.2, -0.15) is 0 Å². The summed E-state index contributed by atoms with van der Waals surface area (Å²) in [4.78, 5) is 31.1. The molecule has 0 aromatic carbocycles. The molecule has 1 saturated heterocycles. The highest BCUT2D eigenvalue weighted by Gasteiger charge is 2.29. The molecule has 0 atom stereocenters. The van der Waals surface area contributed by atoms with Crippen LogP contribution >= 0.6 is 0 Å². The van der Waals surface area contributed by atoms with Gasteiger partial charge in [0.2, 0.25) is 11.8 Å². The minimum Gasteiger partial charge on any atom is -0.379 e. The van der Waals surface area contributed by atoms with E-state index in [1.807, 2.05) is 12.1 Å². The second-order valence-electron chi connectivity index (χ2n) is 7.37. The summed E-state index contributed by atoms with van der Waals surface area (Å²) in [5.74, 6) is 0.277. The average Bonchev–Trinajstić information content (AvgIpc) is 2.73. The molecule has 1 aliphatic carbocycles. The van der Waals surface area contributed by atoms with Crippen LogP contribution in [0, 0.1) is 11.8 Å². The first-order valence-corrected chi connectivity index (χ1v) is 9.97. The van der Waals surface area contributed by atoms with Crippen molar-refractivity contribution in [2.75, 3.05) is 39.4 Å². The van der Waals surface area contributed by atoms with Crippen molar-refractivity contribution in [1.82, 2.24) is 20.5 Å². The van der Waals surface area contributed by atoms with Crippen LogP contribution < -0.4 is 10.6 Å². The number of carbonyl (C=O) groups is 2. The number of aromatic nitrogens is 1. The van der Waals surface area contributed by atoms with Crippen LogP contribution in [0.3, 0.4) is 0 Å². The maximum atomic E-state index is 12.4. The zero-order valence-electron chi connectivity index (χ0n) is 15.9. The van der Waals surface area contributed by atoms with Crippen LogP contribution in [0.15, 0.2) is 24.5 Å². The molecule has 2 amide bonds. The van der Waals surface area contributed by atoms with E-state index in [-0.39, 0.29) is 23.7 Å². The molecule has 1 aromatic heterocycles. The molecule has 0 unspecified atom stereocenters. The summed E-state index contributed by atoms with van der Waals surface area (Å²) in [5, 5.41) is 6.05. The maximum absolute atomic E-state index is 12.4. The van der Waals surface area contributed by atoms with E-state index in [4.69, 9.17) is 4.74 Å². The van der Waals surface area contributed by atoms with Crippen LogP contribution in [0.4, 0.5) is 0 Å². The second kappa shape index (κ2) is 10.4. The summed E-state index contributed by atoms with van der Waals surface area (Å²) in [6.07, 6.45) is 6.61. The monoisotopic (exact) mass is 374 g/mol. The average molecular weight is 374 g/mol. The van der Waals surface area contributed by atoms with Gasteiger partial charge < -0.3 is 15.4 Å². The Morgan fingerprint density at radius 3 is 2.37 bits per heavy atom. The lowest BCUT2D eigenvalue weighted by molar-refractivity contribution is -0.130. The van der Waals surface area contributed by atoms with Crippen LogP contribution in [0.1, 0.15) is 31.2 Å². The molecule has 3 rings (SSSR count). The van der Waals surface area contributed by atoms with Crippen molar-refractivity contribution in [1.29, 1.82) is 0 Å². The van der Waals surface area contributed by atoms with Crippen LogP contribution in [0.5, 0.6) is 0 Å². The smallest absolute Gasteiger partial charge is 0.223 e. The van der Waals surface area contributed by atoms with E-state index >= 15 is 0 Å². The standard InChI is InChI=1S/C20H30N4O3/c25-19(22-8-9-24-10-12-27-13-11-24)17-3-5-18(6-4-17)20(26)23-15-16-2-1-7-21-14-16/h1-2,7,14,17-18H,3-6,8-13,15H2,(H,22,25)(H,23,26). The molecular weight excluding hydrogens is 344 g/mol. The molecule has 7 nitrogen and oxygen atoms in total. The fraction of sp³-hybridized carbons (Fsp3) is 0.650. The third-order valence-corrected chi connectivity index (χ3v) is 5.49. The molecule has 0 radical (unpaired) electrons. The molecule has 27 heavy (non-hydrogen) atoms. The van der Waals surface area contributed by atoms with Gasteiger partial charge in [-0.05, 0) is 37.3 Å². The predicted molar refractivity (Wildman–Crippen MR) is 102 cm³/mol. The van der Waals surface area contributed by atoms with Crippen molar-refractivity contribution in [2.45, 2.75) is 32.2 Å². The number of morpholine rings is 1. The Hall–Kier alpha value is -1.99. The van der Waals surface area contributed by atoms with E-state index in [2.05, 4.69) is 20.5 Å². The molecule has 0 spiro atoms. The van der Waals surface area contributed by atoms with Gasteiger partial charge in [-0.25, -0.2) is 0 Å².